The first-order valence-corrected chi connectivity index (χ1v) is 5.36. The highest BCUT2D eigenvalue weighted by atomic mass is 19.2. The highest BCUT2D eigenvalue weighted by molar-refractivity contribution is 5.36. The minimum absolute atomic E-state index is 0.186. The summed E-state index contributed by atoms with van der Waals surface area (Å²) in [6, 6.07) is 8.55. The first-order chi connectivity index (χ1) is 8.43. The molecular formula is C14H11F3O. The maximum absolute atomic E-state index is 13.7. The van der Waals surface area contributed by atoms with Gasteiger partial charge in [0.25, 0.3) is 0 Å². The molecule has 2 aromatic rings. The summed E-state index contributed by atoms with van der Waals surface area (Å²) in [7, 11) is 0. The summed E-state index contributed by atoms with van der Waals surface area (Å²) in [6.07, 6.45) is 0. The lowest BCUT2D eigenvalue weighted by Gasteiger charge is -2.25. The monoisotopic (exact) mass is 252 g/mol. The molecule has 0 amide bonds. The summed E-state index contributed by atoms with van der Waals surface area (Å²) >= 11 is 0. The van der Waals surface area contributed by atoms with Gasteiger partial charge in [-0.25, -0.2) is 13.2 Å². The number of hydrogen-bond donors (Lipinski definition) is 1. The van der Waals surface area contributed by atoms with E-state index in [0.717, 1.165) is 18.2 Å². The van der Waals surface area contributed by atoms with E-state index in [4.69, 9.17) is 0 Å². The molecule has 18 heavy (non-hydrogen) atoms. The smallest absolute Gasteiger partial charge is 0.165 e. The summed E-state index contributed by atoms with van der Waals surface area (Å²) in [6.45, 7) is 1.33. The van der Waals surface area contributed by atoms with Crippen molar-refractivity contribution in [1.82, 2.24) is 0 Å². The van der Waals surface area contributed by atoms with Crippen molar-refractivity contribution in [3.8, 4) is 0 Å². The molecule has 0 saturated carbocycles. The van der Waals surface area contributed by atoms with Crippen LogP contribution in [-0.4, -0.2) is 5.11 Å². The first kappa shape index (κ1) is 12.6. The molecule has 0 bridgehead atoms. The van der Waals surface area contributed by atoms with Crippen molar-refractivity contribution in [1.29, 1.82) is 0 Å². The fourth-order valence-corrected chi connectivity index (χ4v) is 1.81. The van der Waals surface area contributed by atoms with E-state index < -0.39 is 23.1 Å². The predicted molar refractivity (Wildman–Crippen MR) is 61.4 cm³/mol. The molecule has 0 spiro atoms. The van der Waals surface area contributed by atoms with Gasteiger partial charge in [-0.3, -0.25) is 0 Å². The molecule has 1 atom stereocenters. The maximum atomic E-state index is 13.7. The van der Waals surface area contributed by atoms with E-state index in [0.29, 0.717) is 0 Å². The van der Waals surface area contributed by atoms with E-state index in [2.05, 4.69) is 0 Å². The topological polar surface area (TPSA) is 20.2 Å². The highest BCUT2D eigenvalue weighted by Gasteiger charge is 2.29. The normalized spacial score (nSPS) is 14.3. The minimum atomic E-state index is -1.72. The van der Waals surface area contributed by atoms with Gasteiger partial charge in [0.05, 0.1) is 0 Å². The van der Waals surface area contributed by atoms with Crippen LogP contribution >= 0.6 is 0 Å². The number of aliphatic hydroxyl groups is 1. The Morgan fingerprint density at radius 1 is 0.944 bits per heavy atom. The lowest BCUT2D eigenvalue weighted by molar-refractivity contribution is 0.0969. The van der Waals surface area contributed by atoms with Crippen LogP contribution in [0.25, 0.3) is 0 Å². The van der Waals surface area contributed by atoms with Crippen molar-refractivity contribution in [2.75, 3.05) is 0 Å². The second kappa shape index (κ2) is 4.46. The predicted octanol–water partition coefficient (Wildman–Crippen LogP) is 3.36. The summed E-state index contributed by atoms with van der Waals surface area (Å²) in [5.41, 5.74) is -1.62. The standard InChI is InChI=1S/C14H11F3O/c1-14(18,9-5-7-10(15)8-6-9)11-3-2-4-12(16)13(11)17/h2-8,18H,1H3. The Labute approximate surface area is 103 Å². The lowest BCUT2D eigenvalue weighted by atomic mass is 9.88. The Hall–Kier alpha value is -1.81. The van der Waals surface area contributed by atoms with Crippen molar-refractivity contribution >= 4 is 0 Å². The number of benzene rings is 2. The van der Waals surface area contributed by atoms with E-state index in [9.17, 15) is 18.3 Å². The van der Waals surface area contributed by atoms with Crippen LogP contribution in [0.4, 0.5) is 13.2 Å². The van der Waals surface area contributed by atoms with Gasteiger partial charge >= 0.3 is 0 Å². The Balaban J connectivity index is 2.54. The SMILES string of the molecule is CC(O)(c1ccc(F)cc1)c1cccc(F)c1F. The molecule has 1 nitrogen and oxygen atoms in total. The molecule has 0 aliphatic rings. The van der Waals surface area contributed by atoms with Crippen LogP contribution in [0.2, 0.25) is 0 Å². The highest BCUT2D eigenvalue weighted by Crippen LogP contribution is 2.31. The molecule has 2 rings (SSSR count). The van der Waals surface area contributed by atoms with Gasteiger partial charge in [-0.2, -0.15) is 0 Å². The van der Waals surface area contributed by atoms with Gasteiger partial charge in [-0.15, -0.1) is 0 Å². The molecule has 4 heteroatoms. The average Bonchev–Trinajstić information content (AvgIpc) is 2.33. The Kier molecular flexibility index (Phi) is 3.13. The molecule has 1 N–H and O–H groups in total. The minimum Gasteiger partial charge on any atom is -0.381 e. The Morgan fingerprint density at radius 3 is 2.17 bits per heavy atom. The lowest BCUT2D eigenvalue weighted by Crippen LogP contribution is -2.24. The summed E-state index contributed by atoms with van der Waals surface area (Å²) in [5.74, 6) is -2.60. The zero-order valence-corrected chi connectivity index (χ0v) is 9.62. The van der Waals surface area contributed by atoms with Crippen molar-refractivity contribution in [2.45, 2.75) is 12.5 Å². The zero-order valence-electron chi connectivity index (χ0n) is 9.62. The van der Waals surface area contributed by atoms with Gasteiger partial charge in [0.1, 0.15) is 11.4 Å². The second-order valence-electron chi connectivity index (χ2n) is 4.18. The fourth-order valence-electron chi connectivity index (χ4n) is 1.81. The van der Waals surface area contributed by atoms with E-state index in [-0.39, 0.29) is 11.1 Å². The third-order valence-electron chi connectivity index (χ3n) is 2.88. The summed E-state index contributed by atoms with van der Waals surface area (Å²) < 4.78 is 39.6. The van der Waals surface area contributed by atoms with E-state index in [1.807, 2.05) is 0 Å². The van der Waals surface area contributed by atoms with Gasteiger partial charge in [0, 0.05) is 5.56 Å². The van der Waals surface area contributed by atoms with Gasteiger partial charge in [-0.1, -0.05) is 24.3 Å². The van der Waals surface area contributed by atoms with Crippen molar-refractivity contribution in [2.24, 2.45) is 0 Å². The molecular weight excluding hydrogens is 241 g/mol. The third-order valence-corrected chi connectivity index (χ3v) is 2.88. The van der Waals surface area contributed by atoms with Gasteiger partial charge in [-0.05, 0) is 30.7 Å². The summed E-state index contributed by atoms with van der Waals surface area (Å²) in [4.78, 5) is 0. The van der Waals surface area contributed by atoms with Gasteiger partial charge in [0.2, 0.25) is 0 Å². The third kappa shape index (κ3) is 2.11. The summed E-state index contributed by atoms with van der Waals surface area (Å²) in [5, 5.41) is 10.3. The number of rotatable bonds is 2. The van der Waals surface area contributed by atoms with Gasteiger partial charge in [0.15, 0.2) is 11.6 Å². The van der Waals surface area contributed by atoms with E-state index in [1.165, 1.54) is 31.2 Å². The molecule has 0 aliphatic heterocycles. The Bertz CT molecular complexity index is 562. The van der Waals surface area contributed by atoms with Crippen LogP contribution in [-0.2, 0) is 5.60 Å². The van der Waals surface area contributed by atoms with Crippen LogP contribution < -0.4 is 0 Å². The van der Waals surface area contributed by atoms with Crippen LogP contribution in [0.5, 0.6) is 0 Å². The maximum Gasteiger partial charge on any atom is 0.165 e. The van der Waals surface area contributed by atoms with Crippen molar-refractivity contribution in [3.63, 3.8) is 0 Å². The van der Waals surface area contributed by atoms with Crippen LogP contribution in [0.3, 0.4) is 0 Å². The quantitative estimate of drug-likeness (QED) is 0.868. The molecule has 0 radical (unpaired) electrons. The first-order valence-electron chi connectivity index (χ1n) is 5.36. The van der Waals surface area contributed by atoms with Crippen LogP contribution in [0, 0.1) is 17.5 Å². The molecule has 0 heterocycles. The van der Waals surface area contributed by atoms with Crippen LogP contribution in [0.15, 0.2) is 42.5 Å². The fraction of sp³-hybridized carbons (Fsp3) is 0.143. The molecule has 0 aliphatic carbocycles. The molecule has 0 fully saturated rings. The molecule has 1 unspecified atom stereocenters. The molecule has 0 saturated heterocycles. The molecule has 2 aromatic carbocycles. The average molecular weight is 252 g/mol. The zero-order chi connectivity index (χ0) is 13.3. The largest absolute Gasteiger partial charge is 0.381 e. The van der Waals surface area contributed by atoms with Crippen molar-refractivity contribution in [3.05, 3.63) is 71.0 Å². The van der Waals surface area contributed by atoms with Crippen molar-refractivity contribution < 1.29 is 18.3 Å². The van der Waals surface area contributed by atoms with E-state index in [1.54, 1.807) is 0 Å². The number of hydrogen-bond acceptors (Lipinski definition) is 1. The van der Waals surface area contributed by atoms with Crippen LogP contribution in [0.1, 0.15) is 18.1 Å². The molecule has 94 valence electrons. The second-order valence-corrected chi connectivity index (χ2v) is 4.18. The Morgan fingerprint density at radius 2 is 1.56 bits per heavy atom. The van der Waals surface area contributed by atoms with Gasteiger partial charge < -0.3 is 5.11 Å². The molecule has 0 aromatic heterocycles. The van der Waals surface area contributed by atoms with E-state index >= 15 is 0 Å². The number of halogens is 3.